The monoisotopic (exact) mass is 327 g/mol. The first-order valence-electron chi connectivity index (χ1n) is 8.19. The Morgan fingerprint density at radius 3 is 2.17 bits per heavy atom. The molecule has 24 heavy (non-hydrogen) atoms. The highest BCUT2D eigenvalue weighted by atomic mass is 19.1. The van der Waals surface area contributed by atoms with Crippen LogP contribution in [0.4, 0.5) is 15.8 Å². The summed E-state index contributed by atoms with van der Waals surface area (Å²) in [6.07, 6.45) is 0. The maximum Gasteiger partial charge on any atom is 0.179 e. The van der Waals surface area contributed by atoms with Gasteiger partial charge in [0.2, 0.25) is 0 Å². The molecule has 0 amide bonds. The highest BCUT2D eigenvalue weighted by molar-refractivity contribution is 6.00. The SMILES string of the molecule is CC(C(=O)c1ccc(N)cc1)N1CCN(c2ccc(F)cc2)CC1. The van der Waals surface area contributed by atoms with E-state index in [1.54, 1.807) is 36.4 Å². The number of carbonyl (C=O) groups is 1. The number of nitrogens with two attached hydrogens (primary N) is 1. The lowest BCUT2D eigenvalue weighted by atomic mass is 10.0. The van der Waals surface area contributed by atoms with Crippen LogP contribution in [0.1, 0.15) is 17.3 Å². The molecule has 0 aliphatic carbocycles. The van der Waals surface area contributed by atoms with Gasteiger partial charge in [-0.3, -0.25) is 9.69 Å². The first-order chi connectivity index (χ1) is 11.5. The molecule has 2 aromatic carbocycles. The minimum absolute atomic E-state index is 0.116. The number of halogens is 1. The molecule has 0 saturated carbocycles. The molecule has 3 rings (SSSR count). The molecule has 1 heterocycles. The minimum atomic E-state index is -0.222. The second-order valence-corrected chi connectivity index (χ2v) is 6.16. The lowest BCUT2D eigenvalue weighted by molar-refractivity contribution is 0.0830. The van der Waals surface area contributed by atoms with Gasteiger partial charge in [0.05, 0.1) is 6.04 Å². The second kappa shape index (κ2) is 7.01. The Hall–Kier alpha value is -2.40. The Bertz CT molecular complexity index is 692. The van der Waals surface area contributed by atoms with E-state index in [0.29, 0.717) is 11.3 Å². The predicted molar refractivity (Wildman–Crippen MR) is 94.8 cm³/mol. The van der Waals surface area contributed by atoms with Crippen LogP contribution >= 0.6 is 0 Å². The molecule has 1 unspecified atom stereocenters. The molecule has 1 saturated heterocycles. The lowest BCUT2D eigenvalue weighted by Crippen LogP contribution is -2.51. The fraction of sp³-hybridized carbons (Fsp3) is 0.316. The van der Waals surface area contributed by atoms with Gasteiger partial charge in [-0.25, -0.2) is 4.39 Å². The summed E-state index contributed by atoms with van der Waals surface area (Å²) in [6, 6.07) is 13.5. The summed E-state index contributed by atoms with van der Waals surface area (Å²) in [5.74, 6) is -0.106. The van der Waals surface area contributed by atoms with Crippen LogP contribution in [0.3, 0.4) is 0 Å². The van der Waals surface area contributed by atoms with Crippen molar-refractivity contribution >= 4 is 17.2 Å². The van der Waals surface area contributed by atoms with E-state index >= 15 is 0 Å². The summed E-state index contributed by atoms with van der Waals surface area (Å²) in [7, 11) is 0. The molecule has 5 heteroatoms. The van der Waals surface area contributed by atoms with Crippen molar-refractivity contribution in [3.8, 4) is 0 Å². The molecular weight excluding hydrogens is 305 g/mol. The summed E-state index contributed by atoms with van der Waals surface area (Å²) >= 11 is 0. The van der Waals surface area contributed by atoms with Crippen LogP contribution in [-0.2, 0) is 0 Å². The molecule has 1 aliphatic heterocycles. The molecule has 0 spiro atoms. The minimum Gasteiger partial charge on any atom is -0.399 e. The molecule has 2 aromatic rings. The summed E-state index contributed by atoms with van der Waals surface area (Å²) < 4.78 is 13.0. The first-order valence-corrected chi connectivity index (χ1v) is 8.19. The number of Topliss-reactive ketones (excluding diaryl/α,β-unsaturated/α-hetero) is 1. The molecule has 2 N–H and O–H groups in total. The van der Waals surface area contributed by atoms with Gasteiger partial charge in [-0.15, -0.1) is 0 Å². The third kappa shape index (κ3) is 3.57. The van der Waals surface area contributed by atoms with Gasteiger partial charge < -0.3 is 10.6 Å². The number of nitrogens with zero attached hydrogens (tertiary/aromatic N) is 2. The topological polar surface area (TPSA) is 49.6 Å². The summed E-state index contributed by atoms with van der Waals surface area (Å²) in [6.45, 7) is 5.21. The van der Waals surface area contributed by atoms with Crippen molar-refractivity contribution in [2.75, 3.05) is 36.8 Å². The van der Waals surface area contributed by atoms with Crippen LogP contribution in [0.15, 0.2) is 48.5 Å². The maximum atomic E-state index is 13.0. The molecule has 0 aromatic heterocycles. The Balaban J connectivity index is 1.60. The number of piperazine rings is 1. The highest BCUT2D eigenvalue weighted by Gasteiger charge is 2.26. The van der Waals surface area contributed by atoms with Crippen LogP contribution in [0.2, 0.25) is 0 Å². The smallest absolute Gasteiger partial charge is 0.179 e. The lowest BCUT2D eigenvalue weighted by Gasteiger charge is -2.38. The number of carbonyl (C=O) groups excluding carboxylic acids is 1. The molecule has 4 nitrogen and oxygen atoms in total. The van der Waals surface area contributed by atoms with Crippen molar-refractivity contribution in [1.29, 1.82) is 0 Å². The molecular formula is C19H22FN3O. The van der Waals surface area contributed by atoms with Gasteiger partial charge in [0.25, 0.3) is 0 Å². The van der Waals surface area contributed by atoms with Crippen LogP contribution < -0.4 is 10.6 Å². The number of hydrogen-bond donors (Lipinski definition) is 1. The van der Waals surface area contributed by atoms with Crippen LogP contribution in [0.25, 0.3) is 0 Å². The van der Waals surface area contributed by atoms with Gasteiger partial charge >= 0.3 is 0 Å². The van der Waals surface area contributed by atoms with E-state index in [2.05, 4.69) is 9.80 Å². The van der Waals surface area contributed by atoms with Crippen LogP contribution in [0, 0.1) is 5.82 Å². The number of rotatable bonds is 4. The van der Waals surface area contributed by atoms with E-state index in [4.69, 9.17) is 5.73 Å². The average Bonchev–Trinajstić information content (AvgIpc) is 2.62. The molecule has 0 bridgehead atoms. The van der Waals surface area contributed by atoms with Crippen LogP contribution in [0.5, 0.6) is 0 Å². The fourth-order valence-corrected chi connectivity index (χ4v) is 3.07. The third-order valence-corrected chi connectivity index (χ3v) is 4.63. The summed E-state index contributed by atoms with van der Waals surface area (Å²) in [5.41, 5.74) is 8.05. The van der Waals surface area contributed by atoms with Gasteiger partial charge in [-0.1, -0.05) is 0 Å². The van der Waals surface area contributed by atoms with E-state index in [1.807, 2.05) is 6.92 Å². The largest absolute Gasteiger partial charge is 0.399 e. The zero-order valence-electron chi connectivity index (χ0n) is 13.8. The normalized spacial score (nSPS) is 16.8. The quantitative estimate of drug-likeness (QED) is 0.693. The summed E-state index contributed by atoms with van der Waals surface area (Å²) in [4.78, 5) is 17.0. The third-order valence-electron chi connectivity index (χ3n) is 4.63. The Morgan fingerprint density at radius 2 is 1.58 bits per heavy atom. The fourth-order valence-electron chi connectivity index (χ4n) is 3.07. The van der Waals surface area contributed by atoms with Crippen molar-refractivity contribution in [2.45, 2.75) is 13.0 Å². The van der Waals surface area contributed by atoms with Gasteiger partial charge in [-0.05, 0) is 55.5 Å². The number of hydrogen-bond acceptors (Lipinski definition) is 4. The van der Waals surface area contributed by atoms with Gasteiger partial charge in [0, 0.05) is 43.1 Å². The zero-order valence-corrected chi connectivity index (χ0v) is 13.8. The molecule has 0 radical (unpaired) electrons. The molecule has 1 fully saturated rings. The number of anilines is 2. The van der Waals surface area contributed by atoms with Gasteiger partial charge in [0.1, 0.15) is 5.82 Å². The van der Waals surface area contributed by atoms with Crippen molar-refractivity contribution in [1.82, 2.24) is 4.90 Å². The number of ketones is 1. The highest BCUT2D eigenvalue weighted by Crippen LogP contribution is 2.19. The van der Waals surface area contributed by atoms with Gasteiger partial charge in [0.15, 0.2) is 5.78 Å². The zero-order chi connectivity index (χ0) is 17.1. The van der Waals surface area contributed by atoms with Crippen molar-refractivity contribution in [3.05, 3.63) is 59.9 Å². The van der Waals surface area contributed by atoms with E-state index in [1.165, 1.54) is 12.1 Å². The second-order valence-electron chi connectivity index (χ2n) is 6.16. The van der Waals surface area contributed by atoms with E-state index < -0.39 is 0 Å². The molecule has 1 aliphatic rings. The molecule has 126 valence electrons. The van der Waals surface area contributed by atoms with Crippen molar-refractivity contribution in [2.24, 2.45) is 0 Å². The Labute approximate surface area is 141 Å². The van der Waals surface area contributed by atoms with E-state index in [9.17, 15) is 9.18 Å². The maximum absolute atomic E-state index is 13.0. The van der Waals surface area contributed by atoms with Crippen molar-refractivity contribution < 1.29 is 9.18 Å². The van der Waals surface area contributed by atoms with Crippen LogP contribution in [-0.4, -0.2) is 42.9 Å². The Kier molecular flexibility index (Phi) is 4.81. The number of benzene rings is 2. The average molecular weight is 327 g/mol. The number of nitrogen functional groups attached to an aromatic ring is 1. The van der Waals surface area contributed by atoms with Gasteiger partial charge in [-0.2, -0.15) is 0 Å². The Morgan fingerprint density at radius 1 is 1.00 bits per heavy atom. The van der Waals surface area contributed by atoms with E-state index in [0.717, 1.165) is 31.9 Å². The first kappa shape index (κ1) is 16.5. The summed E-state index contributed by atoms with van der Waals surface area (Å²) in [5, 5.41) is 0. The standard InChI is InChI=1S/C19H22FN3O/c1-14(19(24)15-2-6-17(21)7-3-15)22-10-12-23(13-11-22)18-8-4-16(20)5-9-18/h2-9,14H,10-13,21H2,1H3. The van der Waals surface area contributed by atoms with Crippen molar-refractivity contribution in [3.63, 3.8) is 0 Å². The predicted octanol–water partition coefficient (Wildman–Crippen LogP) is 2.80. The van der Waals surface area contributed by atoms with E-state index in [-0.39, 0.29) is 17.6 Å². The molecule has 1 atom stereocenters.